The van der Waals surface area contributed by atoms with Crippen LogP contribution in [-0.2, 0) is 9.47 Å². The zero-order valence-corrected chi connectivity index (χ0v) is 15.7. The lowest BCUT2D eigenvalue weighted by Crippen LogP contribution is -2.30. The summed E-state index contributed by atoms with van der Waals surface area (Å²) in [6.45, 7) is -0.222. The summed E-state index contributed by atoms with van der Waals surface area (Å²) in [5.74, 6) is -1.85. The number of hydrogen-bond acceptors (Lipinski definition) is 9. The number of hydrogen-bond donors (Lipinski definition) is 2. The number of hydrazone groups is 1. The van der Waals surface area contributed by atoms with Crippen LogP contribution in [0.25, 0.3) is 0 Å². The minimum absolute atomic E-state index is 0.0371. The molecule has 0 aliphatic carbocycles. The second kappa shape index (κ2) is 8.00. The molecule has 3 atom stereocenters. The Balaban J connectivity index is 1.34. The molecule has 1 aromatic heterocycles. The minimum atomic E-state index is -4.60. The average Bonchev–Trinajstić information content (AvgIpc) is 3.41. The number of alkyl halides is 3. The summed E-state index contributed by atoms with van der Waals surface area (Å²) in [7, 11) is 0. The fourth-order valence-electron chi connectivity index (χ4n) is 2.98. The lowest BCUT2D eigenvalue weighted by Gasteiger charge is -2.16. The highest BCUT2D eigenvalue weighted by atomic mass is 19.4. The first-order chi connectivity index (χ1) is 14.7. The number of halogens is 3. The smallest absolute Gasteiger partial charge is 0.455 e. The Morgan fingerprint density at radius 1 is 1.29 bits per heavy atom. The van der Waals surface area contributed by atoms with Gasteiger partial charge in [-0.2, -0.15) is 18.2 Å². The maximum Gasteiger partial charge on any atom is 0.455 e. The van der Waals surface area contributed by atoms with Crippen LogP contribution in [0, 0.1) is 0 Å². The summed E-state index contributed by atoms with van der Waals surface area (Å²) in [5.41, 5.74) is 1.77. The van der Waals surface area contributed by atoms with Crippen LogP contribution in [0.4, 0.5) is 19.0 Å². The molecular weight excluding hydrogens is 423 g/mol. The molecule has 1 saturated heterocycles. The standard InChI is InChI=1S/C18H16F3N5O5/c19-18(20,21)16-24-26(16)23-13-6-7-25(17(29)22-13)14-8-11(27)12(31-14)9-30-15(28)10-4-2-1-3-5-10/h1-7,11-12,14,27H,8-9H2,(H,22,23,29)/t11-,12+,14+,26?/m0/s1. The van der Waals surface area contributed by atoms with E-state index < -0.39 is 42.1 Å². The van der Waals surface area contributed by atoms with Crippen LogP contribution >= 0.6 is 0 Å². The normalized spacial score (nSPS) is 22.8. The fourth-order valence-corrected chi connectivity index (χ4v) is 2.98. The van der Waals surface area contributed by atoms with Gasteiger partial charge in [0.2, 0.25) is 0 Å². The van der Waals surface area contributed by atoms with E-state index >= 15 is 0 Å². The third kappa shape index (κ3) is 4.67. The summed E-state index contributed by atoms with van der Waals surface area (Å²) >= 11 is 0. The first kappa shape index (κ1) is 20.8. The second-order valence-electron chi connectivity index (χ2n) is 6.74. The van der Waals surface area contributed by atoms with Gasteiger partial charge in [-0.25, -0.2) is 9.59 Å². The number of aliphatic hydroxyl groups is 1. The van der Waals surface area contributed by atoms with Crippen molar-refractivity contribution in [2.24, 2.45) is 5.10 Å². The molecule has 0 radical (unpaired) electrons. The van der Waals surface area contributed by atoms with E-state index in [9.17, 15) is 27.9 Å². The Labute approximate surface area is 172 Å². The molecule has 2 aliphatic rings. The van der Waals surface area contributed by atoms with Gasteiger partial charge in [-0.3, -0.25) is 9.99 Å². The van der Waals surface area contributed by atoms with E-state index in [1.807, 2.05) is 0 Å². The number of carbonyl (C=O) groups excluding carboxylic acids is 1. The number of carbonyl (C=O) groups is 1. The number of hydrazine groups is 1. The van der Waals surface area contributed by atoms with Crippen LogP contribution in [0.15, 0.2) is 52.5 Å². The third-order valence-corrected chi connectivity index (χ3v) is 4.56. The Morgan fingerprint density at radius 2 is 2.03 bits per heavy atom. The van der Waals surface area contributed by atoms with Crippen molar-refractivity contribution in [2.45, 2.75) is 31.0 Å². The van der Waals surface area contributed by atoms with E-state index in [-0.39, 0.29) is 18.8 Å². The Morgan fingerprint density at radius 3 is 2.68 bits per heavy atom. The van der Waals surface area contributed by atoms with Crippen LogP contribution in [0.1, 0.15) is 23.0 Å². The molecule has 0 unspecified atom stereocenters. The highest BCUT2D eigenvalue weighted by molar-refractivity contribution is 5.96. The summed E-state index contributed by atoms with van der Waals surface area (Å²) in [5, 5.41) is 13.7. The van der Waals surface area contributed by atoms with Gasteiger partial charge >= 0.3 is 17.8 Å². The number of benzene rings is 1. The molecule has 0 amide bonds. The lowest BCUT2D eigenvalue weighted by atomic mass is 10.2. The number of aliphatic hydroxyl groups excluding tert-OH is 1. The zero-order valence-electron chi connectivity index (χ0n) is 15.7. The van der Waals surface area contributed by atoms with Gasteiger partial charge in [0, 0.05) is 12.6 Å². The summed E-state index contributed by atoms with van der Waals surface area (Å²) in [4.78, 5) is 27.9. The van der Waals surface area contributed by atoms with E-state index in [0.29, 0.717) is 10.7 Å². The molecule has 4 rings (SSSR count). The number of amidine groups is 1. The predicted molar refractivity (Wildman–Crippen MR) is 98.7 cm³/mol. The molecule has 31 heavy (non-hydrogen) atoms. The molecule has 164 valence electrons. The summed E-state index contributed by atoms with van der Waals surface area (Å²) in [6.07, 6.45) is -6.04. The molecule has 1 fully saturated rings. The quantitative estimate of drug-likeness (QED) is 0.647. The number of anilines is 1. The van der Waals surface area contributed by atoms with Gasteiger partial charge in [0.05, 0.1) is 11.7 Å². The molecule has 1 aromatic carbocycles. The van der Waals surface area contributed by atoms with E-state index in [1.54, 1.807) is 30.3 Å². The Hall–Kier alpha value is -3.45. The molecule has 13 heteroatoms. The van der Waals surface area contributed by atoms with Gasteiger partial charge in [-0.15, -0.1) is 10.2 Å². The van der Waals surface area contributed by atoms with Crippen LogP contribution in [0.3, 0.4) is 0 Å². The van der Waals surface area contributed by atoms with Crippen molar-refractivity contribution in [3.05, 3.63) is 58.6 Å². The van der Waals surface area contributed by atoms with Crippen molar-refractivity contribution in [1.82, 2.24) is 14.7 Å². The van der Waals surface area contributed by atoms with E-state index in [0.717, 1.165) is 4.57 Å². The zero-order chi connectivity index (χ0) is 22.2. The molecule has 2 aromatic rings. The van der Waals surface area contributed by atoms with Crippen molar-refractivity contribution in [1.29, 1.82) is 0 Å². The molecule has 0 spiro atoms. The van der Waals surface area contributed by atoms with Crippen molar-refractivity contribution in [3.63, 3.8) is 0 Å². The fraction of sp³-hybridized carbons (Fsp3) is 0.333. The van der Waals surface area contributed by atoms with Gasteiger partial charge in [0.15, 0.2) is 5.82 Å². The van der Waals surface area contributed by atoms with Crippen LogP contribution in [0.5, 0.6) is 0 Å². The molecule has 2 aliphatic heterocycles. The van der Waals surface area contributed by atoms with Gasteiger partial charge in [0.25, 0.3) is 5.84 Å². The number of nitrogens with zero attached hydrogens (tertiary/aromatic N) is 4. The molecule has 10 nitrogen and oxygen atoms in total. The average molecular weight is 439 g/mol. The first-order valence-electron chi connectivity index (χ1n) is 9.10. The lowest BCUT2D eigenvalue weighted by molar-refractivity contribution is -0.0596. The predicted octanol–water partition coefficient (Wildman–Crippen LogP) is 1.27. The SMILES string of the molecule is O=C(OC[C@H]1O[C@@H](n2ccc(NN3N=C3C(F)(F)F)nc2=O)C[C@@H]1O)c1ccccc1. The topological polar surface area (TPSA) is 118 Å². The second-order valence-corrected chi connectivity index (χ2v) is 6.74. The van der Waals surface area contributed by atoms with E-state index in [2.05, 4.69) is 15.5 Å². The Bertz CT molecular complexity index is 1060. The molecule has 0 bridgehead atoms. The van der Waals surface area contributed by atoms with Crippen molar-refractivity contribution >= 4 is 17.6 Å². The van der Waals surface area contributed by atoms with Crippen LogP contribution in [0.2, 0.25) is 0 Å². The van der Waals surface area contributed by atoms with Crippen LogP contribution < -0.4 is 11.1 Å². The van der Waals surface area contributed by atoms with Crippen molar-refractivity contribution in [3.8, 4) is 0 Å². The number of ether oxygens (including phenoxy) is 2. The monoisotopic (exact) mass is 439 g/mol. The van der Waals surface area contributed by atoms with Crippen LogP contribution in [-0.4, -0.2) is 56.6 Å². The molecule has 0 saturated carbocycles. The minimum Gasteiger partial charge on any atom is -0.459 e. The Kier molecular flexibility index (Phi) is 5.37. The maximum atomic E-state index is 12.5. The molecular formula is C18H16F3N5O5. The highest BCUT2D eigenvalue weighted by Gasteiger charge is 2.49. The van der Waals surface area contributed by atoms with Crippen molar-refractivity contribution in [2.75, 3.05) is 12.0 Å². The molecule has 2 N–H and O–H groups in total. The third-order valence-electron chi connectivity index (χ3n) is 4.56. The van der Waals surface area contributed by atoms with Gasteiger partial charge in [-0.1, -0.05) is 18.2 Å². The maximum absolute atomic E-state index is 12.5. The summed E-state index contributed by atoms with van der Waals surface area (Å²) < 4.78 is 49.2. The van der Waals surface area contributed by atoms with Gasteiger partial charge in [0.1, 0.15) is 18.9 Å². The van der Waals surface area contributed by atoms with Crippen molar-refractivity contribution < 1.29 is 32.5 Å². The number of esters is 1. The highest BCUT2D eigenvalue weighted by Crippen LogP contribution is 2.29. The van der Waals surface area contributed by atoms with Gasteiger partial charge < -0.3 is 14.6 Å². The number of nitrogens with one attached hydrogen (secondary N) is 1. The largest absolute Gasteiger partial charge is 0.459 e. The number of aromatic nitrogens is 2. The number of rotatable bonds is 6. The first-order valence-corrected chi connectivity index (χ1v) is 9.10. The van der Waals surface area contributed by atoms with Gasteiger partial charge in [-0.05, 0) is 18.2 Å². The van der Waals surface area contributed by atoms with E-state index in [1.165, 1.54) is 12.3 Å². The molecule has 3 heterocycles. The summed E-state index contributed by atoms with van der Waals surface area (Å²) in [6, 6.07) is 9.55. The van der Waals surface area contributed by atoms with E-state index in [4.69, 9.17) is 9.47 Å².